The highest BCUT2D eigenvalue weighted by Crippen LogP contribution is 2.22. The van der Waals surface area contributed by atoms with Gasteiger partial charge in [-0.3, -0.25) is 4.79 Å². The number of carbonyl (C=O) groups excluding carboxylic acids is 1. The molecule has 0 aromatic carbocycles. The van der Waals surface area contributed by atoms with Crippen molar-refractivity contribution >= 4 is 5.91 Å². The SMILES string of the molecule is CC(CC(=O)NCCC1=CCCC1)C1CCCNC1. The van der Waals surface area contributed by atoms with E-state index < -0.39 is 0 Å². The molecule has 2 N–H and O–H groups in total. The molecule has 0 aromatic heterocycles. The Balaban J connectivity index is 1.60. The Labute approximate surface area is 117 Å². The van der Waals surface area contributed by atoms with Crippen molar-refractivity contribution < 1.29 is 4.79 Å². The van der Waals surface area contributed by atoms with Crippen LogP contribution in [0.5, 0.6) is 0 Å². The van der Waals surface area contributed by atoms with E-state index in [2.05, 4.69) is 23.6 Å². The van der Waals surface area contributed by atoms with E-state index >= 15 is 0 Å². The van der Waals surface area contributed by atoms with Crippen LogP contribution in [0.1, 0.15) is 51.9 Å². The maximum atomic E-state index is 11.9. The van der Waals surface area contributed by atoms with Crippen LogP contribution < -0.4 is 10.6 Å². The molecule has 1 fully saturated rings. The Hall–Kier alpha value is -0.830. The maximum Gasteiger partial charge on any atom is 0.220 e. The van der Waals surface area contributed by atoms with E-state index in [9.17, 15) is 4.79 Å². The summed E-state index contributed by atoms with van der Waals surface area (Å²) in [4.78, 5) is 11.9. The van der Waals surface area contributed by atoms with Gasteiger partial charge in [0.1, 0.15) is 0 Å². The predicted molar refractivity (Wildman–Crippen MR) is 78.9 cm³/mol. The van der Waals surface area contributed by atoms with Crippen molar-refractivity contribution in [3.63, 3.8) is 0 Å². The minimum Gasteiger partial charge on any atom is -0.356 e. The lowest BCUT2D eigenvalue weighted by Gasteiger charge is -2.28. The molecule has 2 unspecified atom stereocenters. The van der Waals surface area contributed by atoms with Crippen LogP contribution >= 0.6 is 0 Å². The first-order valence-corrected chi connectivity index (χ1v) is 7.91. The van der Waals surface area contributed by atoms with Crippen LogP contribution in [0.3, 0.4) is 0 Å². The summed E-state index contributed by atoms with van der Waals surface area (Å²) in [5, 5.41) is 6.51. The minimum absolute atomic E-state index is 0.233. The molecular formula is C16H28N2O. The minimum atomic E-state index is 0.233. The number of amides is 1. The third kappa shape index (κ3) is 4.98. The third-order valence-corrected chi connectivity index (χ3v) is 4.55. The number of piperidine rings is 1. The zero-order chi connectivity index (χ0) is 13.5. The molecule has 0 aromatic rings. The fourth-order valence-corrected chi connectivity index (χ4v) is 3.22. The summed E-state index contributed by atoms with van der Waals surface area (Å²) in [6, 6.07) is 0. The van der Waals surface area contributed by atoms with Gasteiger partial charge in [-0.05, 0) is 63.5 Å². The standard InChI is InChI=1S/C16H28N2O/c1-13(15-7-4-9-17-12-15)11-16(19)18-10-8-14-5-2-3-6-14/h5,13,15,17H,2-4,6-12H2,1H3,(H,18,19). The summed E-state index contributed by atoms with van der Waals surface area (Å²) in [5.74, 6) is 1.41. The summed E-state index contributed by atoms with van der Waals surface area (Å²) in [6.07, 6.45) is 10.4. The second-order valence-electron chi connectivity index (χ2n) is 6.14. The van der Waals surface area contributed by atoms with Crippen molar-refractivity contribution in [1.29, 1.82) is 0 Å². The van der Waals surface area contributed by atoms with Crippen molar-refractivity contribution in [2.45, 2.75) is 51.9 Å². The van der Waals surface area contributed by atoms with E-state index in [0.717, 1.165) is 26.1 Å². The quantitative estimate of drug-likeness (QED) is 0.724. The van der Waals surface area contributed by atoms with Gasteiger partial charge >= 0.3 is 0 Å². The van der Waals surface area contributed by atoms with E-state index in [1.54, 1.807) is 0 Å². The summed E-state index contributed by atoms with van der Waals surface area (Å²) < 4.78 is 0. The van der Waals surface area contributed by atoms with Gasteiger partial charge in [0.15, 0.2) is 0 Å². The molecule has 2 rings (SSSR count). The molecule has 19 heavy (non-hydrogen) atoms. The average molecular weight is 264 g/mol. The maximum absolute atomic E-state index is 11.9. The van der Waals surface area contributed by atoms with E-state index in [0.29, 0.717) is 18.3 Å². The van der Waals surface area contributed by atoms with Gasteiger partial charge in [0, 0.05) is 13.0 Å². The van der Waals surface area contributed by atoms with Crippen LogP contribution in [0.15, 0.2) is 11.6 Å². The Morgan fingerprint density at radius 2 is 2.42 bits per heavy atom. The molecule has 2 aliphatic rings. The van der Waals surface area contributed by atoms with Gasteiger partial charge in [0.25, 0.3) is 0 Å². The lowest BCUT2D eigenvalue weighted by molar-refractivity contribution is -0.122. The van der Waals surface area contributed by atoms with Crippen LogP contribution in [0, 0.1) is 11.8 Å². The van der Waals surface area contributed by atoms with Gasteiger partial charge in [0.2, 0.25) is 5.91 Å². The van der Waals surface area contributed by atoms with Crippen LogP contribution in [0.25, 0.3) is 0 Å². The first-order valence-electron chi connectivity index (χ1n) is 7.91. The van der Waals surface area contributed by atoms with Gasteiger partial charge in [-0.25, -0.2) is 0 Å². The molecular weight excluding hydrogens is 236 g/mol. The van der Waals surface area contributed by atoms with E-state index in [1.807, 2.05) is 0 Å². The zero-order valence-electron chi connectivity index (χ0n) is 12.2. The van der Waals surface area contributed by atoms with E-state index in [4.69, 9.17) is 0 Å². The lowest BCUT2D eigenvalue weighted by atomic mass is 9.85. The normalized spacial score (nSPS) is 24.9. The van der Waals surface area contributed by atoms with Crippen molar-refractivity contribution in [3.05, 3.63) is 11.6 Å². The highest BCUT2D eigenvalue weighted by molar-refractivity contribution is 5.76. The molecule has 108 valence electrons. The molecule has 0 spiro atoms. The van der Waals surface area contributed by atoms with E-state index in [1.165, 1.54) is 37.7 Å². The molecule has 1 heterocycles. The van der Waals surface area contributed by atoms with Gasteiger partial charge < -0.3 is 10.6 Å². The number of rotatable bonds is 6. The summed E-state index contributed by atoms with van der Waals surface area (Å²) in [6.45, 7) is 5.27. The average Bonchev–Trinajstić information content (AvgIpc) is 2.93. The highest BCUT2D eigenvalue weighted by Gasteiger charge is 2.21. The number of hydrogen-bond acceptors (Lipinski definition) is 2. The number of carbonyl (C=O) groups is 1. The van der Waals surface area contributed by atoms with Crippen molar-refractivity contribution in [1.82, 2.24) is 10.6 Å². The largest absolute Gasteiger partial charge is 0.356 e. The van der Waals surface area contributed by atoms with Crippen molar-refractivity contribution in [2.75, 3.05) is 19.6 Å². The molecule has 1 saturated heterocycles. The fraction of sp³-hybridized carbons (Fsp3) is 0.812. The molecule has 0 saturated carbocycles. The van der Waals surface area contributed by atoms with Gasteiger partial charge in [-0.15, -0.1) is 0 Å². The Morgan fingerprint density at radius 1 is 1.53 bits per heavy atom. The van der Waals surface area contributed by atoms with Crippen molar-refractivity contribution in [2.24, 2.45) is 11.8 Å². The molecule has 2 atom stereocenters. The summed E-state index contributed by atoms with van der Waals surface area (Å²) >= 11 is 0. The first-order chi connectivity index (χ1) is 9.25. The Bertz CT molecular complexity index is 319. The summed E-state index contributed by atoms with van der Waals surface area (Å²) in [5.41, 5.74) is 1.53. The highest BCUT2D eigenvalue weighted by atomic mass is 16.1. The predicted octanol–water partition coefficient (Wildman–Crippen LogP) is 2.63. The molecule has 1 aliphatic carbocycles. The smallest absolute Gasteiger partial charge is 0.220 e. The lowest BCUT2D eigenvalue weighted by Crippen LogP contribution is -2.35. The number of nitrogens with one attached hydrogen (secondary N) is 2. The third-order valence-electron chi connectivity index (χ3n) is 4.55. The first kappa shape index (κ1) is 14.6. The number of allylic oxidation sites excluding steroid dienone is 1. The molecule has 3 heteroatoms. The van der Waals surface area contributed by atoms with Crippen LogP contribution in [-0.2, 0) is 4.79 Å². The molecule has 1 aliphatic heterocycles. The van der Waals surface area contributed by atoms with Crippen LogP contribution in [0.4, 0.5) is 0 Å². The number of hydrogen-bond donors (Lipinski definition) is 2. The monoisotopic (exact) mass is 264 g/mol. The van der Waals surface area contributed by atoms with Gasteiger partial charge in [-0.1, -0.05) is 18.6 Å². The molecule has 0 radical (unpaired) electrons. The van der Waals surface area contributed by atoms with Crippen LogP contribution in [-0.4, -0.2) is 25.5 Å². The van der Waals surface area contributed by atoms with Crippen LogP contribution in [0.2, 0.25) is 0 Å². The van der Waals surface area contributed by atoms with Gasteiger partial charge in [-0.2, -0.15) is 0 Å². The zero-order valence-corrected chi connectivity index (χ0v) is 12.2. The fourth-order valence-electron chi connectivity index (χ4n) is 3.22. The molecule has 0 bridgehead atoms. The second kappa shape index (κ2) is 7.68. The van der Waals surface area contributed by atoms with Crippen molar-refractivity contribution in [3.8, 4) is 0 Å². The Morgan fingerprint density at radius 3 is 3.11 bits per heavy atom. The second-order valence-corrected chi connectivity index (χ2v) is 6.14. The van der Waals surface area contributed by atoms with E-state index in [-0.39, 0.29) is 5.91 Å². The molecule has 3 nitrogen and oxygen atoms in total. The van der Waals surface area contributed by atoms with Gasteiger partial charge in [0.05, 0.1) is 0 Å². The Kier molecular flexibility index (Phi) is 5.90. The summed E-state index contributed by atoms with van der Waals surface area (Å²) in [7, 11) is 0. The topological polar surface area (TPSA) is 41.1 Å². The molecule has 1 amide bonds.